The number of hydrogen-bond acceptors (Lipinski definition) is 3. The second-order valence-corrected chi connectivity index (χ2v) is 4.53. The minimum Gasteiger partial charge on any atom is -0.339 e. The van der Waals surface area contributed by atoms with Gasteiger partial charge < -0.3 is 10.2 Å². The lowest BCUT2D eigenvalue weighted by Gasteiger charge is -2.32. The summed E-state index contributed by atoms with van der Waals surface area (Å²) in [5, 5.41) is 3.20. The molecule has 1 amide bonds. The average Bonchev–Trinajstić information content (AvgIpc) is 2.40. The maximum absolute atomic E-state index is 12.1. The van der Waals surface area contributed by atoms with Gasteiger partial charge in [0.15, 0.2) is 0 Å². The molecule has 0 bridgehead atoms. The Kier molecular flexibility index (Phi) is 4.09. The van der Waals surface area contributed by atoms with Gasteiger partial charge in [0.1, 0.15) is 0 Å². The third-order valence-electron chi connectivity index (χ3n) is 3.32. The quantitative estimate of drug-likeness (QED) is 0.852. The monoisotopic (exact) mass is 233 g/mol. The second-order valence-electron chi connectivity index (χ2n) is 4.53. The molecule has 2 heterocycles. The van der Waals surface area contributed by atoms with Crippen LogP contribution in [0.2, 0.25) is 0 Å². The average molecular weight is 233 g/mol. The van der Waals surface area contributed by atoms with Crippen LogP contribution in [-0.2, 0) is 0 Å². The molecule has 0 radical (unpaired) electrons. The number of rotatable bonds is 3. The standard InChI is InChI=1S/C13H19N3O/c1-14-10-11-4-8-16(9-5-11)13(17)12-2-6-15-7-3-12/h2-3,6-7,11,14H,4-5,8-10H2,1H3. The summed E-state index contributed by atoms with van der Waals surface area (Å²) in [5.74, 6) is 0.844. The number of pyridine rings is 1. The maximum Gasteiger partial charge on any atom is 0.253 e. The molecule has 1 fully saturated rings. The fourth-order valence-corrected chi connectivity index (χ4v) is 2.31. The highest BCUT2D eigenvalue weighted by Gasteiger charge is 2.22. The van der Waals surface area contributed by atoms with Crippen molar-refractivity contribution in [2.75, 3.05) is 26.7 Å². The summed E-state index contributed by atoms with van der Waals surface area (Å²) >= 11 is 0. The van der Waals surface area contributed by atoms with E-state index in [4.69, 9.17) is 0 Å². The van der Waals surface area contributed by atoms with Gasteiger partial charge in [-0.2, -0.15) is 0 Å². The number of piperidine rings is 1. The second kappa shape index (κ2) is 5.77. The lowest BCUT2D eigenvalue weighted by molar-refractivity contribution is 0.0691. The zero-order valence-electron chi connectivity index (χ0n) is 10.2. The Hall–Kier alpha value is -1.42. The molecule has 0 unspecified atom stereocenters. The van der Waals surface area contributed by atoms with E-state index in [1.165, 1.54) is 0 Å². The number of aromatic nitrogens is 1. The molecule has 0 atom stereocenters. The van der Waals surface area contributed by atoms with Crippen LogP contribution in [0, 0.1) is 5.92 Å². The Morgan fingerprint density at radius 2 is 2.06 bits per heavy atom. The molecule has 1 aromatic heterocycles. The van der Waals surface area contributed by atoms with E-state index in [1.54, 1.807) is 24.5 Å². The van der Waals surface area contributed by atoms with Crippen molar-refractivity contribution in [3.8, 4) is 0 Å². The fraction of sp³-hybridized carbons (Fsp3) is 0.538. The van der Waals surface area contributed by atoms with Crippen LogP contribution in [0.3, 0.4) is 0 Å². The third-order valence-corrected chi connectivity index (χ3v) is 3.32. The molecule has 0 aromatic carbocycles. The zero-order valence-corrected chi connectivity index (χ0v) is 10.2. The van der Waals surface area contributed by atoms with Crippen LogP contribution in [0.4, 0.5) is 0 Å². The number of likely N-dealkylation sites (tertiary alicyclic amines) is 1. The van der Waals surface area contributed by atoms with E-state index in [0.717, 1.165) is 38.0 Å². The number of nitrogens with zero attached hydrogens (tertiary/aromatic N) is 2. The molecule has 0 spiro atoms. The Labute approximate surface area is 102 Å². The van der Waals surface area contributed by atoms with Gasteiger partial charge in [-0.15, -0.1) is 0 Å². The van der Waals surface area contributed by atoms with Crippen LogP contribution in [0.15, 0.2) is 24.5 Å². The first-order chi connectivity index (χ1) is 8.31. The van der Waals surface area contributed by atoms with Crippen molar-refractivity contribution in [2.45, 2.75) is 12.8 Å². The molecule has 2 rings (SSSR count). The van der Waals surface area contributed by atoms with Gasteiger partial charge in [0, 0.05) is 31.0 Å². The summed E-state index contributed by atoms with van der Waals surface area (Å²) in [6.45, 7) is 2.79. The molecule has 4 heteroatoms. The van der Waals surface area contributed by atoms with Crippen molar-refractivity contribution >= 4 is 5.91 Å². The Morgan fingerprint density at radius 3 is 2.65 bits per heavy atom. The number of amides is 1. The molecule has 1 aliphatic rings. The maximum atomic E-state index is 12.1. The van der Waals surface area contributed by atoms with Crippen molar-refractivity contribution in [1.82, 2.24) is 15.2 Å². The molecule has 92 valence electrons. The van der Waals surface area contributed by atoms with E-state index >= 15 is 0 Å². The van der Waals surface area contributed by atoms with Gasteiger partial charge in [0.2, 0.25) is 0 Å². The van der Waals surface area contributed by atoms with Gasteiger partial charge in [-0.05, 0) is 44.5 Å². The van der Waals surface area contributed by atoms with Crippen LogP contribution >= 0.6 is 0 Å². The van der Waals surface area contributed by atoms with E-state index in [2.05, 4.69) is 10.3 Å². The number of nitrogens with one attached hydrogen (secondary N) is 1. The highest BCUT2D eigenvalue weighted by molar-refractivity contribution is 5.94. The number of carbonyl (C=O) groups excluding carboxylic acids is 1. The minimum absolute atomic E-state index is 0.135. The van der Waals surface area contributed by atoms with Gasteiger partial charge in [0.25, 0.3) is 5.91 Å². The number of carbonyl (C=O) groups is 1. The molecule has 0 saturated carbocycles. The van der Waals surface area contributed by atoms with Gasteiger partial charge in [-0.3, -0.25) is 9.78 Å². The molecule has 0 aliphatic carbocycles. The first-order valence-corrected chi connectivity index (χ1v) is 6.15. The molecule has 1 aliphatic heterocycles. The highest BCUT2D eigenvalue weighted by atomic mass is 16.2. The van der Waals surface area contributed by atoms with E-state index in [1.807, 2.05) is 11.9 Å². The predicted molar refractivity (Wildman–Crippen MR) is 66.8 cm³/mol. The van der Waals surface area contributed by atoms with Crippen LogP contribution < -0.4 is 5.32 Å². The van der Waals surface area contributed by atoms with Crippen LogP contribution in [0.25, 0.3) is 0 Å². The molecule has 1 saturated heterocycles. The molecular weight excluding hydrogens is 214 g/mol. The fourth-order valence-electron chi connectivity index (χ4n) is 2.31. The Bertz CT molecular complexity index is 358. The largest absolute Gasteiger partial charge is 0.339 e. The molecule has 1 N–H and O–H groups in total. The van der Waals surface area contributed by atoms with Gasteiger partial charge in [0.05, 0.1) is 0 Å². The molecule has 4 nitrogen and oxygen atoms in total. The third kappa shape index (κ3) is 3.03. The summed E-state index contributed by atoms with van der Waals surface area (Å²) in [4.78, 5) is 18.0. The van der Waals surface area contributed by atoms with Crippen LogP contribution in [0.5, 0.6) is 0 Å². The summed E-state index contributed by atoms with van der Waals surface area (Å²) in [5.41, 5.74) is 0.743. The summed E-state index contributed by atoms with van der Waals surface area (Å²) < 4.78 is 0. The van der Waals surface area contributed by atoms with Gasteiger partial charge in [-0.1, -0.05) is 0 Å². The molecule has 17 heavy (non-hydrogen) atoms. The van der Waals surface area contributed by atoms with E-state index < -0.39 is 0 Å². The summed E-state index contributed by atoms with van der Waals surface area (Å²) in [6.07, 6.45) is 5.53. The van der Waals surface area contributed by atoms with Crippen molar-refractivity contribution in [1.29, 1.82) is 0 Å². The van der Waals surface area contributed by atoms with E-state index in [9.17, 15) is 4.79 Å². The summed E-state index contributed by atoms with van der Waals surface area (Å²) in [7, 11) is 1.98. The SMILES string of the molecule is CNCC1CCN(C(=O)c2ccncc2)CC1. The minimum atomic E-state index is 0.135. The first-order valence-electron chi connectivity index (χ1n) is 6.15. The van der Waals surface area contributed by atoms with Crippen molar-refractivity contribution in [2.24, 2.45) is 5.92 Å². The van der Waals surface area contributed by atoms with E-state index in [-0.39, 0.29) is 5.91 Å². The van der Waals surface area contributed by atoms with Crippen LogP contribution in [-0.4, -0.2) is 42.5 Å². The Morgan fingerprint density at radius 1 is 1.41 bits per heavy atom. The topological polar surface area (TPSA) is 45.2 Å². The summed E-state index contributed by atoms with van der Waals surface area (Å²) in [6, 6.07) is 3.56. The van der Waals surface area contributed by atoms with Crippen molar-refractivity contribution in [3.63, 3.8) is 0 Å². The number of hydrogen-bond donors (Lipinski definition) is 1. The highest BCUT2D eigenvalue weighted by Crippen LogP contribution is 2.18. The van der Waals surface area contributed by atoms with Crippen molar-refractivity contribution < 1.29 is 4.79 Å². The lowest BCUT2D eigenvalue weighted by atomic mass is 9.96. The predicted octanol–water partition coefficient (Wildman–Crippen LogP) is 1.15. The molecular formula is C13H19N3O. The normalized spacial score (nSPS) is 17.1. The van der Waals surface area contributed by atoms with Crippen LogP contribution in [0.1, 0.15) is 23.2 Å². The lowest BCUT2D eigenvalue weighted by Crippen LogP contribution is -2.40. The van der Waals surface area contributed by atoms with Crippen molar-refractivity contribution in [3.05, 3.63) is 30.1 Å². The Balaban J connectivity index is 1.91. The van der Waals surface area contributed by atoms with Gasteiger partial charge >= 0.3 is 0 Å². The van der Waals surface area contributed by atoms with E-state index in [0.29, 0.717) is 5.92 Å². The molecule has 1 aromatic rings. The zero-order chi connectivity index (χ0) is 12.1. The van der Waals surface area contributed by atoms with Gasteiger partial charge in [-0.25, -0.2) is 0 Å². The first kappa shape index (κ1) is 12.0. The smallest absolute Gasteiger partial charge is 0.253 e.